The highest BCUT2D eigenvalue weighted by molar-refractivity contribution is 5.77. The van der Waals surface area contributed by atoms with Crippen LogP contribution in [-0.2, 0) is 9.53 Å². The Morgan fingerprint density at radius 1 is 1.41 bits per heavy atom. The summed E-state index contributed by atoms with van der Waals surface area (Å²) in [5.41, 5.74) is 0.879. The molecule has 94 valence electrons. The molecule has 1 rings (SSSR count). The molecule has 0 aliphatic carbocycles. The van der Waals surface area contributed by atoms with Gasteiger partial charge in [0.15, 0.2) is 0 Å². The smallest absolute Gasteiger partial charge is 0.327 e. The summed E-state index contributed by atoms with van der Waals surface area (Å²) in [5.74, 6) is -0.281. The van der Waals surface area contributed by atoms with Crippen LogP contribution in [0.25, 0.3) is 0 Å². The summed E-state index contributed by atoms with van der Waals surface area (Å²) in [6, 6.07) is 8.98. The molecule has 4 heteroatoms. The van der Waals surface area contributed by atoms with Crippen LogP contribution in [0.5, 0.6) is 0 Å². The molecular formula is C13H19NO3. The summed E-state index contributed by atoms with van der Waals surface area (Å²) >= 11 is 0. The fourth-order valence-corrected chi connectivity index (χ4v) is 1.53. The van der Waals surface area contributed by atoms with Gasteiger partial charge in [-0.15, -0.1) is 0 Å². The fraction of sp³-hybridized carbons (Fsp3) is 0.462. The lowest BCUT2D eigenvalue weighted by atomic mass is 10.1. The van der Waals surface area contributed by atoms with Gasteiger partial charge in [-0.25, -0.2) is 4.79 Å². The minimum absolute atomic E-state index is 0.108. The Morgan fingerprint density at radius 2 is 2.12 bits per heavy atom. The van der Waals surface area contributed by atoms with Crippen LogP contribution in [-0.4, -0.2) is 30.8 Å². The average molecular weight is 237 g/mol. The molecule has 0 aromatic heterocycles. The Bertz CT molecular complexity index is 327. The number of benzene rings is 1. The van der Waals surface area contributed by atoms with E-state index in [1.54, 1.807) is 6.92 Å². The van der Waals surface area contributed by atoms with Crippen molar-refractivity contribution in [2.75, 3.05) is 19.8 Å². The maximum Gasteiger partial charge on any atom is 0.327 e. The molecule has 0 spiro atoms. The minimum Gasteiger partial charge on any atom is -0.465 e. The maximum atomic E-state index is 11.8. The number of hydrogen-bond acceptors (Lipinski definition) is 4. The number of nitrogens with one attached hydrogen (secondary N) is 1. The average Bonchev–Trinajstić information content (AvgIpc) is 2.36. The van der Waals surface area contributed by atoms with Crippen molar-refractivity contribution in [1.82, 2.24) is 5.32 Å². The first-order chi connectivity index (χ1) is 8.29. The molecule has 0 fully saturated rings. The molecule has 4 nitrogen and oxygen atoms in total. The molecule has 0 aliphatic rings. The molecule has 0 radical (unpaired) electrons. The quantitative estimate of drug-likeness (QED) is 0.554. The predicted molar refractivity (Wildman–Crippen MR) is 65.5 cm³/mol. The van der Waals surface area contributed by atoms with E-state index in [4.69, 9.17) is 9.84 Å². The monoisotopic (exact) mass is 237 g/mol. The van der Waals surface area contributed by atoms with Gasteiger partial charge in [0.25, 0.3) is 0 Å². The highest BCUT2D eigenvalue weighted by Gasteiger charge is 2.20. The summed E-state index contributed by atoms with van der Waals surface area (Å²) < 4.78 is 5.03. The second kappa shape index (κ2) is 7.81. The number of aliphatic hydroxyl groups is 1. The first-order valence-corrected chi connectivity index (χ1v) is 5.85. The lowest BCUT2D eigenvalue weighted by molar-refractivity contribution is -0.145. The zero-order valence-corrected chi connectivity index (χ0v) is 10.1. The molecule has 1 aromatic carbocycles. The second-order valence-corrected chi connectivity index (χ2v) is 3.63. The lowest BCUT2D eigenvalue weighted by Gasteiger charge is -2.17. The predicted octanol–water partition coefficient (Wildman–Crippen LogP) is 1.26. The zero-order valence-electron chi connectivity index (χ0n) is 10.1. The number of rotatable bonds is 7. The molecule has 0 unspecified atom stereocenters. The first kappa shape index (κ1) is 13.7. The van der Waals surface area contributed by atoms with Gasteiger partial charge in [0, 0.05) is 6.61 Å². The summed E-state index contributed by atoms with van der Waals surface area (Å²) in [5, 5.41) is 11.8. The molecule has 0 saturated carbocycles. The molecule has 0 heterocycles. The molecule has 0 bridgehead atoms. The van der Waals surface area contributed by atoms with Gasteiger partial charge in [-0.2, -0.15) is 0 Å². The van der Waals surface area contributed by atoms with Crippen molar-refractivity contribution in [3.8, 4) is 0 Å². The maximum absolute atomic E-state index is 11.8. The van der Waals surface area contributed by atoms with E-state index in [1.807, 2.05) is 30.3 Å². The summed E-state index contributed by atoms with van der Waals surface area (Å²) in [6.45, 7) is 2.84. The molecule has 1 aromatic rings. The van der Waals surface area contributed by atoms with E-state index in [-0.39, 0.29) is 12.6 Å². The van der Waals surface area contributed by atoms with Crippen molar-refractivity contribution < 1.29 is 14.6 Å². The molecule has 2 N–H and O–H groups in total. The summed E-state index contributed by atoms with van der Waals surface area (Å²) in [6.07, 6.45) is 0.614. The Kier molecular flexibility index (Phi) is 6.29. The standard InChI is InChI=1S/C13H19NO3/c1-2-17-13(16)12(14-9-6-10-15)11-7-4-3-5-8-11/h3-5,7-8,12,14-15H,2,6,9-10H2,1H3/t12-/m1/s1. The van der Waals surface area contributed by atoms with Gasteiger partial charge in [-0.05, 0) is 25.5 Å². The topological polar surface area (TPSA) is 58.6 Å². The van der Waals surface area contributed by atoms with E-state index >= 15 is 0 Å². The highest BCUT2D eigenvalue weighted by Crippen LogP contribution is 2.14. The van der Waals surface area contributed by atoms with E-state index < -0.39 is 6.04 Å². The van der Waals surface area contributed by atoms with Gasteiger partial charge in [0.2, 0.25) is 0 Å². The van der Waals surface area contributed by atoms with Crippen molar-refractivity contribution >= 4 is 5.97 Å². The van der Waals surface area contributed by atoms with Crippen LogP contribution >= 0.6 is 0 Å². The van der Waals surface area contributed by atoms with Crippen LogP contribution in [0.15, 0.2) is 30.3 Å². The van der Waals surface area contributed by atoms with E-state index in [0.717, 1.165) is 5.56 Å². The van der Waals surface area contributed by atoms with E-state index in [9.17, 15) is 4.79 Å². The van der Waals surface area contributed by atoms with Crippen LogP contribution in [0.1, 0.15) is 24.9 Å². The van der Waals surface area contributed by atoms with Crippen LogP contribution in [0.4, 0.5) is 0 Å². The van der Waals surface area contributed by atoms with Gasteiger partial charge in [0.1, 0.15) is 6.04 Å². The van der Waals surface area contributed by atoms with Gasteiger partial charge < -0.3 is 15.2 Å². The van der Waals surface area contributed by atoms with Crippen molar-refractivity contribution in [3.63, 3.8) is 0 Å². The van der Waals surface area contributed by atoms with Crippen molar-refractivity contribution in [2.45, 2.75) is 19.4 Å². The van der Waals surface area contributed by atoms with Crippen molar-refractivity contribution in [1.29, 1.82) is 0 Å². The summed E-state index contributed by atoms with van der Waals surface area (Å²) in [4.78, 5) is 11.8. The zero-order chi connectivity index (χ0) is 12.5. The van der Waals surface area contributed by atoms with Gasteiger partial charge >= 0.3 is 5.97 Å². The Morgan fingerprint density at radius 3 is 2.71 bits per heavy atom. The molecule has 0 aliphatic heterocycles. The third kappa shape index (κ3) is 4.54. The number of ether oxygens (including phenoxy) is 1. The Balaban J connectivity index is 2.68. The van der Waals surface area contributed by atoms with E-state index in [0.29, 0.717) is 19.6 Å². The van der Waals surface area contributed by atoms with Gasteiger partial charge in [0.05, 0.1) is 6.61 Å². The first-order valence-electron chi connectivity index (χ1n) is 5.85. The van der Waals surface area contributed by atoms with Crippen LogP contribution in [0, 0.1) is 0 Å². The Labute approximate surface area is 102 Å². The SMILES string of the molecule is CCOC(=O)[C@H](NCCCO)c1ccccc1. The third-order valence-electron chi connectivity index (χ3n) is 2.34. The van der Waals surface area contributed by atoms with E-state index in [2.05, 4.69) is 5.32 Å². The van der Waals surface area contributed by atoms with Crippen molar-refractivity contribution in [3.05, 3.63) is 35.9 Å². The van der Waals surface area contributed by atoms with Gasteiger partial charge in [-0.3, -0.25) is 0 Å². The number of hydrogen-bond donors (Lipinski definition) is 2. The molecule has 0 saturated heterocycles. The fourth-order valence-electron chi connectivity index (χ4n) is 1.53. The van der Waals surface area contributed by atoms with Crippen LogP contribution in [0.2, 0.25) is 0 Å². The van der Waals surface area contributed by atoms with Crippen LogP contribution < -0.4 is 5.32 Å². The molecule has 0 amide bonds. The largest absolute Gasteiger partial charge is 0.465 e. The third-order valence-corrected chi connectivity index (χ3v) is 2.34. The minimum atomic E-state index is -0.456. The number of carbonyl (C=O) groups is 1. The number of carbonyl (C=O) groups excluding carboxylic acids is 1. The Hall–Kier alpha value is -1.39. The molecule has 17 heavy (non-hydrogen) atoms. The van der Waals surface area contributed by atoms with Crippen molar-refractivity contribution in [2.24, 2.45) is 0 Å². The van der Waals surface area contributed by atoms with E-state index in [1.165, 1.54) is 0 Å². The van der Waals surface area contributed by atoms with Crippen LogP contribution in [0.3, 0.4) is 0 Å². The second-order valence-electron chi connectivity index (χ2n) is 3.63. The molecular weight excluding hydrogens is 218 g/mol. The summed E-state index contributed by atoms with van der Waals surface area (Å²) in [7, 11) is 0. The number of aliphatic hydroxyl groups excluding tert-OH is 1. The number of esters is 1. The normalized spacial score (nSPS) is 12.1. The highest BCUT2D eigenvalue weighted by atomic mass is 16.5. The van der Waals surface area contributed by atoms with Gasteiger partial charge in [-0.1, -0.05) is 30.3 Å². The lowest BCUT2D eigenvalue weighted by Crippen LogP contribution is -2.31. The molecule has 1 atom stereocenters.